The number of carbonyl (C=O) groups excluding carboxylic acids is 1. The van der Waals surface area contributed by atoms with E-state index in [0.717, 1.165) is 30.4 Å². The number of amides is 1. The molecule has 0 fully saturated rings. The zero-order valence-electron chi connectivity index (χ0n) is 15.3. The van der Waals surface area contributed by atoms with Crippen molar-refractivity contribution >= 4 is 6.09 Å². The van der Waals surface area contributed by atoms with Crippen LogP contribution in [0.1, 0.15) is 65.0 Å². The van der Waals surface area contributed by atoms with Crippen LogP contribution < -0.4 is 5.73 Å². The molecule has 23 heavy (non-hydrogen) atoms. The third-order valence-electron chi connectivity index (χ3n) is 3.77. The van der Waals surface area contributed by atoms with E-state index in [4.69, 9.17) is 10.5 Å². The van der Waals surface area contributed by atoms with E-state index in [1.165, 1.54) is 0 Å². The summed E-state index contributed by atoms with van der Waals surface area (Å²) in [7, 11) is 0. The molecule has 2 N–H and O–H groups in total. The molecule has 4 heteroatoms. The molecule has 0 bridgehead atoms. The lowest BCUT2D eigenvalue weighted by Crippen LogP contribution is -2.42. The summed E-state index contributed by atoms with van der Waals surface area (Å²) in [5, 5.41) is 0. The van der Waals surface area contributed by atoms with E-state index >= 15 is 0 Å². The fourth-order valence-corrected chi connectivity index (χ4v) is 2.55. The predicted octanol–water partition coefficient (Wildman–Crippen LogP) is 4.46. The van der Waals surface area contributed by atoms with Crippen molar-refractivity contribution in [3.8, 4) is 0 Å². The Bertz CT molecular complexity index is 477. The molecule has 0 aliphatic heterocycles. The summed E-state index contributed by atoms with van der Waals surface area (Å²) in [4.78, 5) is 14.5. The van der Waals surface area contributed by atoms with Crippen molar-refractivity contribution in [3.05, 3.63) is 35.4 Å². The van der Waals surface area contributed by atoms with Crippen molar-refractivity contribution in [2.75, 3.05) is 0 Å². The van der Waals surface area contributed by atoms with Crippen molar-refractivity contribution in [1.29, 1.82) is 0 Å². The van der Waals surface area contributed by atoms with Crippen molar-refractivity contribution in [2.45, 2.75) is 78.6 Å². The number of hydrogen-bond acceptors (Lipinski definition) is 3. The van der Waals surface area contributed by atoms with Gasteiger partial charge in [0.15, 0.2) is 0 Å². The van der Waals surface area contributed by atoms with Gasteiger partial charge in [-0.1, -0.05) is 44.5 Å². The van der Waals surface area contributed by atoms with Gasteiger partial charge in [-0.05, 0) is 44.7 Å². The lowest BCUT2D eigenvalue weighted by molar-refractivity contribution is 0.0125. The van der Waals surface area contributed by atoms with Crippen LogP contribution in [0.4, 0.5) is 4.79 Å². The molecule has 0 radical (unpaired) electrons. The summed E-state index contributed by atoms with van der Waals surface area (Å²) in [6, 6.07) is 8.31. The van der Waals surface area contributed by atoms with Gasteiger partial charge in [-0.3, -0.25) is 0 Å². The second kappa shape index (κ2) is 8.92. The summed E-state index contributed by atoms with van der Waals surface area (Å²) < 4.78 is 5.61. The summed E-state index contributed by atoms with van der Waals surface area (Å²) in [6.45, 7) is 11.1. The first-order valence-electron chi connectivity index (χ1n) is 8.58. The average Bonchev–Trinajstić information content (AvgIpc) is 2.49. The highest BCUT2D eigenvalue weighted by molar-refractivity contribution is 5.68. The van der Waals surface area contributed by atoms with Crippen molar-refractivity contribution in [1.82, 2.24) is 4.90 Å². The first kappa shape index (κ1) is 19.5. The fourth-order valence-electron chi connectivity index (χ4n) is 2.55. The highest BCUT2D eigenvalue weighted by atomic mass is 16.6. The molecule has 0 aliphatic carbocycles. The van der Waals surface area contributed by atoms with Crippen LogP contribution >= 0.6 is 0 Å². The first-order valence-corrected chi connectivity index (χ1v) is 8.58. The van der Waals surface area contributed by atoms with Crippen LogP contribution in [-0.4, -0.2) is 22.6 Å². The van der Waals surface area contributed by atoms with Gasteiger partial charge in [0.1, 0.15) is 5.60 Å². The maximum absolute atomic E-state index is 12.6. The molecule has 1 aromatic carbocycles. The first-order chi connectivity index (χ1) is 10.8. The fraction of sp³-hybridized carbons (Fsp3) is 0.632. The highest BCUT2D eigenvalue weighted by Crippen LogP contribution is 2.20. The van der Waals surface area contributed by atoms with Gasteiger partial charge in [-0.2, -0.15) is 0 Å². The molecule has 0 spiro atoms. The second-order valence-corrected chi connectivity index (χ2v) is 6.98. The van der Waals surface area contributed by atoms with Crippen LogP contribution in [0.2, 0.25) is 0 Å². The minimum Gasteiger partial charge on any atom is -0.444 e. The maximum atomic E-state index is 12.6. The Labute approximate surface area is 141 Å². The second-order valence-electron chi connectivity index (χ2n) is 6.98. The van der Waals surface area contributed by atoms with Crippen molar-refractivity contribution in [3.63, 3.8) is 0 Å². The van der Waals surface area contributed by atoms with E-state index < -0.39 is 5.60 Å². The molecule has 1 aromatic rings. The van der Waals surface area contributed by atoms with Crippen molar-refractivity contribution in [2.24, 2.45) is 5.73 Å². The molecular formula is C19H32N2O2. The minimum atomic E-state index is -0.483. The zero-order chi connectivity index (χ0) is 17.5. The van der Waals surface area contributed by atoms with E-state index in [2.05, 4.69) is 13.8 Å². The normalized spacial score (nSPS) is 12.8. The molecule has 0 heterocycles. The lowest BCUT2D eigenvalue weighted by Gasteiger charge is -2.33. The van der Waals surface area contributed by atoms with E-state index in [0.29, 0.717) is 13.1 Å². The van der Waals surface area contributed by atoms with Crippen LogP contribution in [0.25, 0.3) is 0 Å². The SMILES string of the molecule is CCCC(CC)N(Cc1ccc(CN)cc1)C(=O)OC(C)(C)C. The minimum absolute atomic E-state index is 0.198. The molecular weight excluding hydrogens is 288 g/mol. The third kappa shape index (κ3) is 6.61. The van der Waals surface area contributed by atoms with Crippen LogP contribution in [0.5, 0.6) is 0 Å². The van der Waals surface area contributed by atoms with Gasteiger partial charge >= 0.3 is 6.09 Å². The van der Waals surface area contributed by atoms with Gasteiger partial charge in [0.05, 0.1) is 0 Å². The molecule has 0 aromatic heterocycles. The van der Waals surface area contributed by atoms with Gasteiger partial charge in [-0.25, -0.2) is 4.79 Å². The number of nitrogens with zero attached hydrogens (tertiary/aromatic N) is 1. The van der Waals surface area contributed by atoms with Gasteiger partial charge in [0.25, 0.3) is 0 Å². The Morgan fingerprint density at radius 1 is 1.17 bits per heavy atom. The van der Waals surface area contributed by atoms with E-state index in [-0.39, 0.29) is 12.1 Å². The Balaban J connectivity index is 2.94. The van der Waals surface area contributed by atoms with Gasteiger partial charge < -0.3 is 15.4 Å². The monoisotopic (exact) mass is 320 g/mol. The molecule has 1 atom stereocenters. The molecule has 0 saturated heterocycles. The topological polar surface area (TPSA) is 55.6 Å². The number of nitrogens with two attached hydrogens (primary N) is 1. The lowest BCUT2D eigenvalue weighted by atomic mass is 10.1. The quantitative estimate of drug-likeness (QED) is 0.807. The summed E-state index contributed by atoms with van der Waals surface area (Å²) in [5.74, 6) is 0. The Kier molecular flexibility index (Phi) is 7.56. The molecule has 1 unspecified atom stereocenters. The molecule has 1 rings (SSSR count). The number of rotatable bonds is 7. The number of ether oxygens (including phenoxy) is 1. The molecule has 0 aliphatic rings. The number of hydrogen-bond donors (Lipinski definition) is 1. The van der Waals surface area contributed by atoms with Crippen LogP contribution in [0, 0.1) is 0 Å². The van der Waals surface area contributed by atoms with Crippen LogP contribution in [0.3, 0.4) is 0 Å². The molecule has 4 nitrogen and oxygen atoms in total. The van der Waals surface area contributed by atoms with E-state index in [1.54, 1.807) is 0 Å². The predicted molar refractivity (Wildman–Crippen MR) is 95.1 cm³/mol. The summed E-state index contributed by atoms with van der Waals surface area (Å²) in [6.07, 6.45) is 2.72. The Hall–Kier alpha value is -1.55. The molecule has 130 valence electrons. The zero-order valence-corrected chi connectivity index (χ0v) is 15.3. The summed E-state index contributed by atoms with van der Waals surface area (Å²) >= 11 is 0. The standard InChI is InChI=1S/C19H32N2O2/c1-6-8-17(7-2)21(18(22)23-19(3,4)5)14-16-11-9-15(13-20)10-12-16/h9-12,17H,6-8,13-14,20H2,1-5H3. The van der Waals surface area contributed by atoms with Crippen LogP contribution in [-0.2, 0) is 17.8 Å². The van der Waals surface area contributed by atoms with E-state index in [1.807, 2.05) is 49.9 Å². The number of benzene rings is 1. The third-order valence-corrected chi connectivity index (χ3v) is 3.77. The van der Waals surface area contributed by atoms with Crippen molar-refractivity contribution < 1.29 is 9.53 Å². The van der Waals surface area contributed by atoms with E-state index in [9.17, 15) is 4.79 Å². The Morgan fingerprint density at radius 2 is 1.74 bits per heavy atom. The largest absolute Gasteiger partial charge is 0.444 e. The average molecular weight is 320 g/mol. The van der Waals surface area contributed by atoms with Gasteiger partial charge in [-0.15, -0.1) is 0 Å². The highest BCUT2D eigenvalue weighted by Gasteiger charge is 2.27. The van der Waals surface area contributed by atoms with Gasteiger partial charge in [0.2, 0.25) is 0 Å². The summed E-state index contributed by atoms with van der Waals surface area (Å²) in [5.41, 5.74) is 7.36. The van der Waals surface area contributed by atoms with Crippen LogP contribution in [0.15, 0.2) is 24.3 Å². The Morgan fingerprint density at radius 3 is 2.17 bits per heavy atom. The smallest absolute Gasteiger partial charge is 0.410 e. The van der Waals surface area contributed by atoms with Gasteiger partial charge in [0, 0.05) is 19.1 Å². The molecule has 0 saturated carbocycles. The maximum Gasteiger partial charge on any atom is 0.410 e. The molecule has 1 amide bonds. The number of carbonyl (C=O) groups is 1.